The van der Waals surface area contributed by atoms with E-state index in [1.165, 1.54) is 22.6 Å². The summed E-state index contributed by atoms with van der Waals surface area (Å²) >= 11 is 1.52. The van der Waals surface area contributed by atoms with Gasteiger partial charge < -0.3 is 15.7 Å². The maximum absolute atomic E-state index is 13.2. The predicted molar refractivity (Wildman–Crippen MR) is 115 cm³/mol. The van der Waals surface area contributed by atoms with E-state index in [1.54, 1.807) is 6.92 Å². The highest BCUT2D eigenvalue weighted by atomic mass is 32.1. The van der Waals surface area contributed by atoms with E-state index in [1.807, 2.05) is 0 Å². The summed E-state index contributed by atoms with van der Waals surface area (Å²) in [7, 11) is 0. The molecule has 2 amide bonds. The fourth-order valence-corrected chi connectivity index (χ4v) is 5.87. The normalized spacial score (nSPS) is 20.6. The van der Waals surface area contributed by atoms with E-state index in [0.29, 0.717) is 16.5 Å². The molecule has 2 unspecified atom stereocenters. The number of rotatable bonds is 7. The molecular weight excluding hydrogens is 388 g/mol. The zero-order valence-corrected chi connectivity index (χ0v) is 18.2. The molecule has 1 fully saturated rings. The highest BCUT2D eigenvalue weighted by Gasteiger charge is 2.29. The number of amides is 2. The van der Waals surface area contributed by atoms with E-state index < -0.39 is 5.97 Å². The van der Waals surface area contributed by atoms with E-state index in [9.17, 15) is 14.4 Å². The van der Waals surface area contributed by atoms with Crippen LogP contribution in [-0.2, 0) is 22.4 Å². The molecule has 0 aromatic carbocycles. The lowest BCUT2D eigenvalue weighted by molar-refractivity contribution is -0.138. The fourth-order valence-electron chi connectivity index (χ4n) is 4.45. The lowest BCUT2D eigenvalue weighted by atomic mass is 9.88. The number of aliphatic carboxylic acids is 1. The van der Waals surface area contributed by atoms with Gasteiger partial charge >= 0.3 is 5.97 Å². The van der Waals surface area contributed by atoms with Crippen LogP contribution < -0.4 is 10.6 Å². The molecule has 6 nitrogen and oxygen atoms in total. The Morgan fingerprint density at radius 1 is 1.14 bits per heavy atom. The summed E-state index contributed by atoms with van der Waals surface area (Å²) in [4.78, 5) is 37.7. The molecule has 160 valence electrons. The molecule has 0 saturated heterocycles. The quantitative estimate of drug-likeness (QED) is 0.610. The molecule has 2 aliphatic carbocycles. The van der Waals surface area contributed by atoms with Gasteiger partial charge in [0.2, 0.25) is 5.91 Å². The van der Waals surface area contributed by atoms with E-state index in [-0.39, 0.29) is 36.6 Å². The van der Waals surface area contributed by atoms with Crippen LogP contribution in [0.4, 0.5) is 5.00 Å². The zero-order chi connectivity index (χ0) is 21.0. The number of anilines is 1. The second-order valence-electron chi connectivity index (χ2n) is 8.82. The first kappa shape index (κ1) is 21.8. The van der Waals surface area contributed by atoms with Gasteiger partial charge in [-0.1, -0.05) is 33.1 Å². The van der Waals surface area contributed by atoms with E-state index in [4.69, 9.17) is 5.11 Å². The van der Waals surface area contributed by atoms with Gasteiger partial charge in [0.25, 0.3) is 5.91 Å². The zero-order valence-electron chi connectivity index (χ0n) is 17.4. The van der Waals surface area contributed by atoms with Crippen LogP contribution in [0.15, 0.2) is 0 Å². The SMILES string of the molecule is CC(CC(=O)O)CC(=O)Nc1sc2c(c1C(=O)NC1CCCCC1)CCC(C)C2. The molecule has 1 aromatic heterocycles. The Labute approximate surface area is 176 Å². The summed E-state index contributed by atoms with van der Waals surface area (Å²) in [6, 6.07) is 0.216. The van der Waals surface area contributed by atoms with Gasteiger partial charge in [0.05, 0.1) is 5.56 Å². The Kier molecular flexibility index (Phi) is 7.33. The van der Waals surface area contributed by atoms with Crippen molar-refractivity contribution >= 4 is 34.1 Å². The van der Waals surface area contributed by atoms with Gasteiger partial charge in [-0.2, -0.15) is 0 Å². The first-order valence-corrected chi connectivity index (χ1v) is 11.6. The lowest BCUT2D eigenvalue weighted by Gasteiger charge is -2.24. The number of carboxylic acids is 1. The number of carbonyl (C=O) groups excluding carboxylic acids is 2. The highest BCUT2D eigenvalue weighted by molar-refractivity contribution is 7.17. The van der Waals surface area contributed by atoms with Crippen molar-refractivity contribution in [2.24, 2.45) is 11.8 Å². The lowest BCUT2D eigenvalue weighted by Crippen LogP contribution is -2.37. The molecule has 7 heteroatoms. The van der Waals surface area contributed by atoms with Crippen LogP contribution in [-0.4, -0.2) is 28.9 Å². The smallest absolute Gasteiger partial charge is 0.303 e. The minimum atomic E-state index is -0.904. The number of carbonyl (C=O) groups is 3. The van der Waals surface area contributed by atoms with Gasteiger partial charge in [-0.05, 0) is 49.5 Å². The van der Waals surface area contributed by atoms with Gasteiger partial charge in [0.1, 0.15) is 5.00 Å². The largest absolute Gasteiger partial charge is 0.481 e. The number of hydrogen-bond acceptors (Lipinski definition) is 4. The van der Waals surface area contributed by atoms with Crippen molar-refractivity contribution in [3.05, 3.63) is 16.0 Å². The molecule has 29 heavy (non-hydrogen) atoms. The van der Waals surface area contributed by atoms with Crippen LogP contribution in [0, 0.1) is 11.8 Å². The third kappa shape index (κ3) is 5.81. The molecule has 0 aliphatic heterocycles. The van der Waals surface area contributed by atoms with Crippen molar-refractivity contribution in [2.45, 2.75) is 84.1 Å². The van der Waals surface area contributed by atoms with Gasteiger partial charge in [0.15, 0.2) is 0 Å². The first-order chi connectivity index (χ1) is 13.8. The van der Waals surface area contributed by atoms with Crippen molar-refractivity contribution in [3.8, 4) is 0 Å². The van der Waals surface area contributed by atoms with Crippen LogP contribution in [0.25, 0.3) is 0 Å². The molecule has 2 atom stereocenters. The second kappa shape index (κ2) is 9.74. The maximum atomic E-state index is 13.2. The van der Waals surface area contributed by atoms with Gasteiger partial charge in [-0.3, -0.25) is 14.4 Å². The van der Waals surface area contributed by atoms with Crippen LogP contribution in [0.5, 0.6) is 0 Å². The number of carboxylic acid groups (broad SMARTS) is 1. The molecule has 0 bridgehead atoms. The third-order valence-electron chi connectivity index (χ3n) is 5.99. The monoisotopic (exact) mass is 420 g/mol. The van der Waals surface area contributed by atoms with Gasteiger partial charge in [-0.15, -0.1) is 11.3 Å². The summed E-state index contributed by atoms with van der Waals surface area (Å²) < 4.78 is 0. The topological polar surface area (TPSA) is 95.5 Å². The maximum Gasteiger partial charge on any atom is 0.303 e. The third-order valence-corrected chi connectivity index (χ3v) is 7.16. The Bertz CT molecular complexity index is 767. The summed E-state index contributed by atoms with van der Waals surface area (Å²) in [5, 5.41) is 15.7. The first-order valence-electron chi connectivity index (χ1n) is 10.8. The number of nitrogens with one attached hydrogen (secondary N) is 2. The molecule has 0 radical (unpaired) electrons. The minimum absolute atomic E-state index is 0.0408. The molecular formula is C22H32N2O4S. The van der Waals surface area contributed by atoms with Crippen molar-refractivity contribution in [3.63, 3.8) is 0 Å². The van der Waals surface area contributed by atoms with E-state index in [0.717, 1.165) is 50.5 Å². The second-order valence-corrected chi connectivity index (χ2v) is 9.92. The molecule has 3 N–H and O–H groups in total. The Balaban J connectivity index is 1.77. The average Bonchev–Trinajstić information content (AvgIpc) is 2.98. The highest BCUT2D eigenvalue weighted by Crippen LogP contribution is 2.40. The Morgan fingerprint density at radius 3 is 2.55 bits per heavy atom. The van der Waals surface area contributed by atoms with E-state index >= 15 is 0 Å². The molecule has 1 aromatic rings. The molecule has 1 heterocycles. The summed E-state index contributed by atoms with van der Waals surface area (Å²) in [6.45, 7) is 3.97. The van der Waals surface area contributed by atoms with Gasteiger partial charge in [0, 0.05) is 23.8 Å². The van der Waals surface area contributed by atoms with Gasteiger partial charge in [-0.25, -0.2) is 0 Å². The standard InChI is InChI=1S/C22H32N2O4S/c1-13-8-9-16-17(10-13)29-22(24-18(25)11-14(2)12-19(26)27)20(16)21(28)23-15-6-4-3-5-7-15/h13-15H,3-12H2,1-2H3,(H,23,28)(H,24,25)(H,26,27). The number of thiophene rings is 1. The van der Waals surface area contributed by atoms with Crippen molar-refractivity contribution in [1.82, 2.24) is 5.32 Å². The van der Waals surface area contributed by atoms with Crippen molar-refractivity contribution in [1.29, 1.82) is 0 Å². The fraction of sp³-hybridized carbons (Fsp3) is 0.682. The Morgan fingerprint density at radius 2 is 1.86 bits per heavy atom. The molecule has 2 aliphatic rings. The molecule has 3 rings (SSSR count). The summed E-state index contributed by atoms with van der Waals surface area (Å²) in [5.74, 6) is -0.871. The Hall–Kier alpha value is -1.89. The van der Waals surface area contributed by atoms with Crippen LogP contribution in [0.1, 0.15) is 86.0 Å². The minimum Gasteiger partial charge on any atom is -0.481 e. The van der Waals surface area contributed by atoms with Crippen molar-refractivity contribution in [2.75, 3.05) is 5.32 Å². The predicted octanol–water partition coefficient (Wildman–Crippen LogP) is 4.37. The molecule has 0 spiro atoms. The van der Waals surface area contributed by atoms with Crippen LogP contribution in [0.2, 0.25) is 0 Å². The van der Waals surface area contributed by atoms with E-state index in [2.05, 4.69) is 17.6 Å². The average molecular weight is 421 g/mol. The van der Waals surface area contributed by atoms with Crippen LogP contribution >= 0.6 is 11.3 Å². The number of hydrogen-bond donors (Lipinski definition) is 3. The number of fused-ring (bicyclic) bond motifs is 1. The summed E-state index contributed by atoms with van der Waals surface area (Å²) in [6.07, 6.45) is 8.51. The van der Waals surface area contributed by atoms with Crippen LogP contribution in [0.3, 0.4) is 0 Å². The summed E-state index contributed by atoms with van der Waals surface area (Å²) in [5.41, 5.74) is 1.73. The van der Waals surface area contributed by atoms with Crippen molar-refractivity contribution < 1.29 is 19.5 Å². The molecule has 1 saturated carbocycles.